The lowest BCUT2D eigenvalue weighted by molar-refractivity contribution is 1.07. The number of rotatable bonds is 3. The zero-order valence-electron chi connectivity index (χ0n) is 8.53. The van der Waals surface area contributed by atoms with Crippen molar-refractivity contribution in [2.24, 2.45) is 0 Å². The van der Waals surface area contributed by atoms with Crippen LogP contribution in [0.25, 0.3) is 0 Å². The van der Waals surface area contributed by atoms with Gasteiger partial charge in [0.05, 0.1) is 29.1 Å². The maximum Gasteiger partial charge on any atom is 0.0795 e. The van der Waals surface area contributed by atoms with Gasteiger partial charge in [-0.3, -0.25) is 0 Å². The fraction of sp³-hybridized carbons (Fsp3) is 0.182. The number of hydrogen-bond acceptors (Lipinski definition) is 4. The number of para-hydroxylation sites is 1. The van der Waals surface area contributed by atoms with Crippen LogP contribution in [0.15, 0.2) is 29.1 Å². The maximum atomic E-state index is 5.88. The van der Waals surface area contributed by atoms with Gasteiger partial charge in [0.1, 0.15) is 0 Å². The van der Waals surface area contributed by atoms with Gasteiger partial charge in [0, 0.05) is 5.38 Å². The molecule has 0 radical (unpaired) electrons. The van der Waals surface area contributed by atoms with Crippen molar-refractivity contribution < 1.29 is 0 Å². The Kier molecular flexibility index (Phi) is 2.87. The zero-order chi connectivity index (χ0) is 10.7. The number of aromatic nitrogens is 1. The minimum absolute atomic E-state index is 0.721. The van der Waals surface area contributed by atoms with E-state index in [-0.39, 0.29) is 0 Å². The molecule has 0 saturated heterocycles. The molecule has 4 heteroatoms. The summed E-state index contributed by atoms with van der Waals surface area (Å²) in [4.78, 5) is 4.21. The third kappa shape index (κ3) is 2.27. The molecule has 0 spiro atoms. The highest BCUT2D eigenvalue weighted by Gasteiger charge is 2.02. The molecule has 1 aromatic heterocycles. The molecule has 0 aliphatic carbocycles. The summed E-state index contributed by atoms with van der Waals surface area (Å²) < 4.78 is 0. The third-order valence-corrected chi connectivity index (χ3v) is 2.87. The molecule has 0 aliphatic heterocycles. The standard InChI is InChI=1S/C11H13N3S/c1-8-3-2-4-10(12)11(8)13-5-9-6-15-7-14-9/h2-4,6-7,13H,5,12H2,1H3. The molecule has 78 valence electrons. The number of benzene rings is 1. The number of nitrogens with one attached hydrogen (secondary N) is 1. The Morgan fingerprint density at radius 2 is 2.33 bits per heavy atom. The smallest absolute Gasteiger partial charge is 0.0795 e. The van der Waals surface area contributed by atoms with E-state index in [9.17, 15) is 0 Å². The third-order valence-electron chi connectivity index (χ3n) is 2.23. The Morgan fingerprint density at radius 3 is 3.00 bits per heavy atom. The van der Waals surface area contributed by atoms with Crippen LogP contribution in [0, 0.1) is 6.92 Å². The van der Waals surface area contributed by atoms with Gasteiger partial charge in [0.2, 0.25) is 0 Å². The van der Waals surface area contributed by atoms with Gasteiger partial charge in [0.25, 0.3) is 0 Å². The van der Waals surface area contributed by atoms with Crippen molar-refractivity contribution in [3.8, 4) is 0 Å². The quantitative estimate of drug-likeness (QED) is 0.780. The van der Waals surface area contributed by atoms with Crippen molar-refractivity contribution in [3.63, 3.8) is 0 Å². The second-order valence-electron chi connectivity index (χ2n) is 3.37. The van der Waals surface area contributed by atoms with Crippen LogP contribution in [0.4, 0.5) is 11.4 Å². The summed E-state index contributed by atoms with van der Waals surface area (Å²) in [7, 11) is 0. The van der Waals surface area contributed by atoms with Crippen molar-refractivity contribution in [1.82, 2.24) is 4.98 Å². The molecule has 2 rings (SSSR count). The van der Waals surface area contributed by atoms with Crippen LogP contribution in [0.1, 0.15) is 11.3 Å². The first-order valence-corrected chi connectivity index (χ1v) is 5.67. The van der Waals surface area contributed by atoms with Crippen LogP contribution in [-0.2, 0) is 6.54 Å². The molecule has 1 heterocycles. The van der Waals surface area contributed by atoms with Crippen LogP contribution >= 0.6 is 11.3 Å². The largest absolute Gasteiger partial charge is 0.397 e. The summed E-state index contributed by atoms with van der Waals surface area (Å²) in [6.45, 7) is 2.76. The molecule has 1 aromatic carbocycles. The van der Waals surface area contributed by atoms with E-state index in [0.717, 1.165) is 29.2 Å². The molecule has 0 amide bonds. The monoisotopic (exact) mass is 219 g/mol. The summed E-state index contributed by atoms with van der Waals surface area (Å²) in [5.41, 5.74) is 11.7. The minimum atomic E-state index is 0.721. The first kappa shape index (κ1) is 9.98. The van der Waals surface area contributed by atoms with E-state index < -0.39 is 0 Å². The molecule has 0 saturated carbocycles. The van der Waals surface area contributed by atoms with Crippen molar-refractivity contribution in [1.29, 1.82) is 0 Å². The van der Waals surface area contributed by atoms with Crippen molar-refractivity contribution in [2.45, 2.75) is 13.5 Å². The lowest BCUT2D eigenvalue weighted by atomic mass is 10.1. The number of anilines is 2. The summed E-state index contributed by atoms with van der Waals surface area (Å²) in [6, 6.07) is 5.90. The second kappa shape index (κ2) is 4.31. The predicted octanol–water partition coefficient (Wildman–Crippen LogP) is 2.65. The van der Waals surface area contributed by atoms with Crippen LogP contribution in [0.3, 0.4) is 0 Å². The zero-order valence-corrected chi connectivity index (χ0v) is 9.34. The van der Waals surface area contributed by atoms with E-state index in [0.29, 0.717) is 0 Å². The highest BCUT2D eigenvalue weighted by Crippen LogP contribution is 2.22. The Hall–Kier alpha value is -1.55. The van der Waals surface area contributed by atoms with Gasteiger partial charge in [-0.05, 0) is 18.6 Å². The van der Waals surface area contributed by atoms with Crippen molar-refractivity contribution in [3.05, 3.63) is 40.3 Å². The number of thiazole rings is 1. The van der Waals surface area contributed by atoms with Gasteiger partial charge in [-0.25, -0.2) is 4.98 Å². The van der Waals surface area contributed by atoms with E-state index >= 15 is 0 Å². The number of nitrogen functional groups attached to an aromatic ring is 1. The minimum Gasteiger partial charge on any atom is -0.397 e. The van der Waals surface area contributed by atoms with Gasteiger partial charge >= 0.3 is 0 Å². The maximum absolute atomic E-state index is 5.88. The van der Waals surface area contributed by atoms with Crippen LogP contribution in [0.5, 0.6) is 0 Å². The number of nitrogens with zero attached hydrogens (tertiary/aromatic N) is 1. The molecule has 3 nitrogen and oxygen atoms in total. The Balaban J connectivity index is 2.11. The van der Waals surface area contributed by atoms with E-state index in [4.69, 9.17) is 5.73 Å². The Bertz CT molecular complexity index is 417. The Morgan fingerprint density at radius 1 is 1.47 bits per heavy atom. The molecule has 0 fully saturated rings. The van der Waals surface area contributed by atoms with Crippen LogP contribution < -0.4 is 11.1 Å². The number of hydrogen-bond donors (Lipinski definition) is 2. The summed E-state index contributed by atoms with van der Waals surface area (Å²) in [5.74, 6) is 0. The first-order chi connectivity index (χ1) is 7.27. The molecule has 15 heavy (non-hydrogen) atoms. The molecule has 2 aromatic rings. The normalized spacial score (nSPS) is 10.2. The van der Waals surface area contributed by atoms with Gasteiger partial charge in [-0.15, -0.1) is 11.3 Å². The molecular formula is C11H13N3S. The van der Waals surface area contributed by atoms with E-state index in [1.807, 2.05) is 36.0 Å². The molecule has 0 bridgehead atoms. The molecule has 3 N–H and O–H groups in total. The fourth-order valence-corrected chi connectivity index (χ4v) is 1.99. The van der Waals surface area contributed by atoms with Crippen LogP contribution in [-0.4, -0.2) is 4.98 Å². The summed E-state index contributed by atoms with van der Waals surface area (Å²) in [5, 5.41) is 5.33. The fourth-order valence-electron chi connectivity index (χ4n) is 1.44. The summed E-state index contributed by atoms with van der Waals surface area (Å²) in [6.07, 6.45) is 0. The molecule has 0 aliphatic rings. The average molecular weight is 219 g/mol. The van der Waals surface area contributed by atoms with E-state index in [1.165, 1.54) is 0 Å². The van der Waals surface area contributed by atoms with Gasteiger partial charge < -0.3 is 11.1 Å². The van der Waals surface area contributed by atoms with Crippen LogP contribution in [0.2, 0.25) is 0 Å². The first-order valence-electron chi connectivity index (χ1n) is 4.73. The lowest BCUT2D eigenvalue weighted by Gasteiger charge is -2.10. The highest BCUT2D eigenvalue weighted by atomic mass is 32.1. The van der Waals surface area contributed by atoms with E-state index in [1.54, 1.807) is 11.3 Å². The second-order valence-corrected chi connectivity index (χ2v) is 4.09. The predicted molar refractivity (Wildman–Crippen MR) is 65.0 cm³/mol. The number of nitrogens with two attached hydrogens (primary N) is 1. The SMILES string of the molecule is Cc1cccc(N)c1NCc1cscn1. The highest BCUT2D eigenvalue weighted by molar-refractivity contribution is 7.07. The van der Waals surface area contributed by atoms with Gasteiger partial charge in [-0.2, -0.15) is 0 Å². The van der Waals surface area contributed by atoms with Gasteiger partial charge in [-0.1, -0.05) is 12.1 Å². The topological polar surface area (TPSA) is 50.9 Å². The lowest BCUT2D eigenvalue weighted by Crippen LogP contribution is -2.04. The molecule has 0 unspecified atom stereocenters. The van der Waals surface area contributed by atoms with Crippen molar-refractivity contribution in [2.75, 3.05) is 11.1 Å². The van der Waals surface area contributed by atoms with Gasteiger partial charge in [0.15, 0.2) is 0 Å². The Labute approximate surface area is 93.0 Å². The summed E-state index contributed by atoms with van der Waals surface area (Å²) >= 11 is 1.60. The van der Waals surface area contributed by atoms with Crippen molar-refractivity contribution >= 4 is 22.7 Å². The van der Waals surface area contributed by atoms with E-state index in [2.05, 4.69) is 10.3 Å². The number of aryl methyl sites for hydroxylation is 1. The molecule has 0 atom stereocenters. The average Bonchev–Trinajstić information content (AvgIpc) is 2.70. The molecular weight excluding hydrogens is 206 g/mol.